The first kappa shape index (κ1) is 11.6. The SMILES string of the molecule is COC1=CCC(/C(C)=C/C=C(\C)O)C=C1. The van der Waals surface area contributed by atoms with Crippen LogP contribution in [0.4, 0.5) is 0 Å². The number of hydrogen-bond donors (Lipinski definition) is 1. The Morgan fingerprint density at radius 1 is 1.47 bits per heavy atom. The quantitative estimate of drug-likeness (QED) is 0.565. The van der Waals surface area contributed by atoms with Gasteiger partial charge in [0.2, 0.25) is 0 Å². The Morgan fingerprint density at radius 2 is 2.20 bits per heavy atom. The third-order valence-electron chi connectivity index (χ3n) is 2.47. The fraction of sp³-hybridized carbons (Fsp3) is 0.385. The summed E-state index contributed by atoms with van der Waals surface area (Å²) in [5.74, 6) is 1.68. The van der Waals surface area contributed by atoms with Crippen LogP contribution in [-0.2, 0) is 4.74 Å². The molecule has 0 aromatic rings. The van der Waals surface area contributed by atoms with E-state index in [0.717, 1.165) is 12.2 Å². The van der Waals surface area contributed by atoms with Crippen LogP contribution in [0.5, 0.6) is 0 Å². The van der Waals surface area contributed by atoms with Gasteiger partial charge in [-0.3, -0.25) is 0 Å². The van der Waals surface area contributed by atoms with Gasteiger partial charge >= 0.3 is 0 Å². The van der Waals surface area contributed by atoms with Crippen molar-refractivity contribution in [3.63, 3.8) is 0 Å². The third kappa shape index (κ3) is 3.66. The van der Waals surface area contributed by atoms with E-state index >= 15 is 0 Å². The van der Waals surface area contributed by atoms with Gasteiger partial charge in [0.25, 0.3) is 0 Å². The second-order valence-electron chi connectivity index (χ2n) is 3.73. The van der Waals surface area contributed by atoms with E-state index < -0.39 is 0 Å². The third-order valence-corrected chi connectivity index (χ3v) is 2.47. The van der Waals surface area contributed by atoms with Gasteiger partial charge in [0.15, 0.2) is 0 Å². The number of hydrogen-bond acceptors (Lipinski definition) is 2. The molecular formula is C13H18O2. The molecule has 1 aliphatic carbocycles. The van der Waals surface area contributed by atoms with E-state index in [-0.39, 0.29) is 0 Å². The predicted octanol–water partition coefficient (Wildman–Crippen LogP) is 3.50. The molecule has 2 heteroatoms. The summed E-state index contributed by atoms with van der Waals surface area (Å²) in [6.07, 6.45) is 10.8. The van der Waals surface area contributed by atoms with Crippen molar-refractivity contribution in [2.24, 2.45) is 5.92 Å². The highest BCUT2D eigenvalue weighted by Gasteiger charge is 2.09. The van der Waals surface area contributed by atoms with Gasteiger partial charge in [-0.05, 0) is 38.5 Å². The normalized spacial score (nSPS) is 22.6. The molecule has 0 radical (unpaired) electrons. The van der Waals surface area contributed by atoms with Crippen molar-refractivity contribution in [3.8, 4) is 0 Å². The molecule has 82 valence electrons. The Labute approximate surface area is 91.3 Å². The zero-order valence-electron chi connectivity index (χ0n) is 9.53. The lowest BCUT2D eigenvalue weighted by molar-refractivity contribution is 0.302. The summed E-state index contributed by atoms with van der Waals surface area (Å²) in [5.41, 5.74) is 1.24. The van der Waals surface area contributed by atoms with Crippen LogP contribution in [0.1, 0.15) is 20.3 Å². The second-order valence-corrected chi connectivity index (χ2v) is 3.73. The van der Waals surface area contributed by atoms with E-state index in [1.807, 2.05) is 12.2 Å². The van der Waals surface area contributed by atoms with Crippen LogP contribution in [0, 0.1) is 5.92 Å². The lowest BCUT2D eigenvalue weighted by atomic mass is 9.92. The first-order valence-corrected chi connectivity index (χ1v) is 5.10. The zero-order valence-corrected chi connectivity index (χ0v) is 9.53. The largest absolute Gasteiger partial charge is 0.513 e. The van der Waals surface area contributed by atoms with Crippen LogP contribution in [0.3, 0.4) is 0 Å². The molecule has 0 bridgehead atoms. The lowest BCUT2D eigenvalue weighted by Crippen LogP contribution is -2.02. The van der Waals surface area contributed by atoms with Gasteiger partial charge in [-0.1, -0.05) is 17.7 Å². The fourth-order valence-corrected chi connectivity index (χ4v) is 1.47. The minimum Gasteiger partial charge on any atom is -0.513 e. The molecule has 0 saturated heterocycles. The number of aliphatic hydroxyl groups is 1. The zero-order chi connectivity index (χ0) is 11.3. The van der Waals surface area contributed by atoms with Gasteiger partial charge in [-0.15, -0.1) is 0 Å². The van der Waals surface area contributed by atoms with Crippen molar-refractivity contribution in [3.05, 3.63) is 47.5 Å². The Morgan fingerprint density at radius 3 is 2.67 bits per heavy atom. The molecule has 15 heavy (non-hydrogen) atoms. The molecule has 1 unspecified atom stereocenters. The highest BCUT2D eigenvalue weighted by atomic mass is 16.5. The highest BCUT2D eigenvalue weighted by molar-refractivity contribution is 5.26. The summed E-state index contributed by atoms with van der Waals surface area (Å²) in [6, 6.07) is 0. The van der Waals surface area contributed by atoms with Gasteiger partial charge in [0, 0.05) is 5.92 Å². The van der Waals surface area contributed by atoms with Crippen LogP contribution in [0.25, 0.3) is 0 Å². The van der Waals surface area contributed by atoms with Crippen molar-refractivity contribution >= 4 is 0 Å². The predicted molar refractivity (Wildman–Crippen MR) is 62.5 cm³/mol. The average Bonchev–Trinajstić information content (AvgIpc) is 2.26. The van der Waals surface area contributed by atoms with Gasteiger partial charge in [0.05, 0.1) is 12.9 Å². The molecule has 0 heterocycles. The molecule has 0 spiro atoms. The Kier molecular flexibility index (Phi) is 4.22. The monoisotopic (exact) mass is 206 g/mol. The van der Waals surface area contributed by atoms with Crippen molar-refractivity contribution < 1.29 is 9.84 Å². The summed E-state index contributed by atoms with van der Waals surface area (Å²) >= 11 is 0. The maximum atomic E-state index is 9.05. The summed E-state index contributed by atoms with van der Waals surface area (Å²) < 4.78 is 5.12. The van der Waals surface area contributed by atoms with Crippen LogP contribution >= 0.6 is 0 Å². The molecule has 1 aliphatic rings. The minimum absolute atomic E-state index is 0.335. The van der Waals surface area contributed by atoms with Crippen molar-refractivity contribution in [1.29, 1.82) is 0 Å². The Balaban J connectivity index is 2.62. The second kappa shape index (κ2) is 5.44. The van der Waals surface area contributed by atoms with Crippen molar-refractivity contribution in [2.75, 3.05) is 7.11 Å². The molecule has 0 aromatic carbocycles. The van der Waals surface area contributed by atoms with Gasteiger partial charge < -0.3 is 9.84 Å². The first-order valence-electron chi connectivity index (χ1n) is 5.10. The van der Waals surface area contributed by atoms with E-state index in [0.29, 0.717) is 11.7 Å². The molecule has 1 atom stereocenters. The molecule has 0 aromatic heterocycles. The molecule has 0 fully saturated rings. The lowest BCUT2D eigenvalue weighted by Gasteiger charge is -2.15. The van der Waals surface area contributed by atoms with Gasteiger partial charge in [-0.2, -0.15) is 0 Å². The molecule has 1 rings (SSSR count). The minimum atomic E-state index is 0.335. The van der Waals surface area contributed by atoms with Gasteiger partial charge in [-0.25, -0.2) is 0 Å². The molecule has 0 amide bonds. The van der Waals surface area contributed by atoms with E-state index in [4.69, 9.17) is 9.84 Å². The van der Waals surface area contributed by atoms with E-state index in [1.54, 1.807) is 20.1 Å². The Hall–Kier alpha value is -1.44. The maximum Gasteiger partial charge on any atom is 0.114 e. The molecule has 0 saturated carbocycles. The Bertz CT molecular complexity index is 328. The standard InChI is InChI=1S/C13H18O2/c1-10(4-5-11(2)14)12-6-8-13(15-3)9-7-12/h4-6,8-9,12,14H,7H2,1-3H3/b10-4+,11-5+. The van der Waals surface area contributed by atoms with Gasteiger partial charge in [0.1, 0.15) is 5.76 Å². The van der Waals surface area contributed by atoms with E-state index in [9.17, 15) is 0 Å². The fourth-order valence-electron chi connectivity index (χ4n) is 1.47. The van der Waals surface area contributed by atoms with E-state index in [1.165, 1.54) is 5.57 Å². The average molecular weight is 206 g/mol. The van der Waals surface area contributed by atoms with Crippen LogP contribution < -0.4 is 0 Å². The molecule has 2 nitrogen and oxygen atoms in total. The number of allylic oxidation sites excluding steroid dienone is 7. The number of ether oxygens (including phenoxy) is 1. The number of rotatable bonds is 3. The van der Waals surface area contributed by atoms with Crippen LogP contribution in [0.15, 0.2) is 47.5 Å². The highest BCUT2D eigenvalue weighted by Crippen LogP contribution is 2.23. The molecule has 0 aliphatic heterocycles. The number of methoxy groups -OCH3 is 1. The molecular weight excluding hydrogens is 188 g/mol. The van der Waals surface area contributed by atoms with Crippen molar-refractivity contribution in [2.45, 2.75) is 20.3 Å². The summed E-state index contributed by atoms with van der Waals surface area (Å²) in [7, 11) is 1.68. The summed E-state index contributed by atoms with van der Waals surface area (Å²) in [4.78, 5) is 0. The van der Waals surface area contributed by atoms with E-state index in [2.05, 4.69) is 19.1 Å². The molecule has 1 N–H and O–H groups in total. The summed E-state index contributed by atoms with van der Waals surface area (Å²) in [5, 5.41) is 9.05. The smallest absolute Gasteiger partial charge is 0.114 e. The maximum absolute atomic E-state index is 9.05. The topological polar surface area (TPSA) is 29.5 Å². The van der Waals surface area contributed by atoms with Crippen molar-refractivity contribution in [1.82, 2.24) is 0 Å². The van der Waals surface area contributed by atoms with Crippen LogP contribution in [-0.4, -0.2) is 12.2 Å². The first-order chi connectivity index (χ1) is 7.13. The summed E-state index contributed by atoms with van der Waals surface area (Å²) in [6.45, 7) is 3.74. The number of aliphatic hydroxyl groups excluding tert-OH is 1. The van der Waals surface area contributed by atoms with Crippen LogP contribution in [0.2, 0.25) is 0 Å².